The highest BCUT2D eigenvalue weighted by molar-refractivity contribution is 6.32. The number of carbonyl (C=O) groups excluding carboxylic acids is 1. The van der Waals surface area contributed by atoms with E-state index in [1.807, 2.05) is 6.92 Å². The molecule has 2 N–H and O–H groups in total. The zero-order valence-corrected chi connectivity index (χ0v) is 13.4. The Labute approximate surface area is 137 Å². The van der Waals surface area contributed by atoms with Gasteiger partial charge < -0.3 is 19.7 Å². The second-order valence-electron chi connectivity index (χ2n) is 4.68. The summed E-state index contributed by atoms with van der Waals surface area (Å²) in [6.07, 6.45) is 3.13. The highest BCUT2D eigenvalue weighted by Gasteiger charge is 2.25. The van der Waals surface area contributed by atoms with E-state index in [0.29, 0.717) is 17.9 Å². The molecule has 0 fully saturated rings. The van der Waals surface area contributed by atoms with Crippen LogP contribution in [0.4, 0.5) is 0 Å². The monoisotopic (exact) mass is 337 g/mol. The standard InChI is InChI=1S/C15H16ClN3O4/c1-3-19-7-6-17-13(19)14(20)18-12(15(21)22)9-4-5-11(23-2)10(16)8-9/h4-8,12H,3H2,1-2H3,(H,18,20)(H,21,22). The van der Waals surface area contributed by atoms with Crippen molar-refractivity contribution in [2.75, 3.05) is 7.11 Å². The molecule has 23 heavy (non-hydrogen) atoms. The maximum Gasteiger partial charge on any atom is 0.330 e. The van der Waals surface area contributed by atoms with Crippen molar-refractivity contribution in [3.63, 3.8) is 0 Å². The van der Waals surface area contributed by atoms with Gasteiger partial charge in [-0.2, -0.15) is 0 Å². The molecule has 8 heteroatoms. The molecule has 0 bridgehead atoms. The highest BCUT2D eigenvalue weighted by atomic mass is 35.5. The van der Waals surface area contributed by atoms with Crippen LogP contribution in [0.3, 0.4) is 0 Å². The normalized spacial score (nSPS) is 11.8. The van der Waals surface area contributed by atoms with Gasteiger partial charge >= 0.3 is 5.97 Å². The summed E-state index contributed by atoms with van der Waals surface area (Å²) in [5.41, 5.74) is 0.339. The summed E-state index contributed by atoms with van der Waals surface area (Å²) < 4.78 is 6.65. The van der Waals surface area contributed by atoms with Gasteiger partial charge in [0.2, 0.25) is 0 Å². The van der Waals surface area contributed by atoms with Crippen LogP contribution in [-0.4, -0.2) is 33.6 Å². The average Bonchev–Trinajstić information content (AvgIpc) is 3.00. The smallest absolute Gasteiger partial charge is 0.330 e. The van der Waals surface area contributed by atoms with Crippen molar-refractivity contribution in [1.82, 2.24) is 14.9 Å². The molecule has 1 amide bonds. The summed E-state index contributed by atoms with van der Waals surface area (Å²) in [4.78, 5) is 27.7. The van der Waals surface area contributed by atoms with E-state index in [2.05, 4.69) is 10.3 Å². The first-order valence-corrected chi connectivity index (χ1v) is 7.24. The van der Waals surface area contributed by atoms with E-state index in [1.165, 1.54) is 25.4 Å². The zero-order chi connectivity index (χ0) is 17.0. The van der Waals surface area contributed by atoms with Gasteiger partial charge in [0.25, 0.3) is 5.91 Å². The quantitative estimate of drug-likeness (QED) is 0.842. The molecule has 0 aliphatic carbocycles. The van der Waals surface area contributed by atoms with Gasteiger partial charge in [0.05, 0.1) is 12.1 Å². The van der Waals surface area contributed by atoms with Gasteiger partial charge in [0.15, 0.2) is 11.9 Å². The zero-order valence-electron chi connectivity index (χ0n) is 12.6. The number of hydrogen-bond acceptors (Lipinski definition) is 4. The Hall–Kier alpha value is -2.54. The summed E-state index contributed by atoms with van der Waals surface area (Å²) in [6.45, 7) is 2.41. The van der Waals surface area contributed by atoms with E-state index in [9.17, 15) is 14.7 Å². The number of amides is 1. The summed E-state index contributed by atoms with van der Waals surface area (Å²) in [5.74, 6) is -1.20. The Morgan fingerprint density at radius 1 is 1.48 bits per heavy atom. The summed E-state index contributed by atoms with van der Waals surface area (Å²) in [7, 11) is 1.46. The van der Waals surface area contributed by atoms with Crippen LogP contribution in [0, 0.1) is 0 Å². The Morgan fingerprint density at radius 2 is 2.22 bits per heavy atom. The lowest BCUT2D eigenvalue weighted by Crippen LogP contribution is -2.35. The maximum absolute atomic E-state index is 12.3. The number of hydrogen-bond donors (Lipinski definition) is 2. The molecule has 0 aliphatic heterocycles. The fourth-order valence-corrected chi connectivity index (χ4v) is 2.39. The van der Waals surface area contributed by atoms with E-state index in [-0.39, 0.29) is 10.8 Å². The summed E-state index contributed by atoms with van der Waals surface area (Å²) in [5, 5.41) is 12.1. The molecular formula is C15H16ClN3O4. The number of aliphatic carboxylic acids is 1. The van der Waals surface area contributed by atoms with Crippen LogP contribution >= 0.6 is 11.6 Å². The van der Waals surface area contributed by atoms with Crippen molar-refractivity contribution < 1.29 is 19.4 Å². The van der Waals surface area contributed by atoms with Crippen LogP contribution in [0.1, 0.15) is 29.1 Å². The number of nitrogens with one attached hydrogen (secondary N) is 1. The number of halogens is 1. The third-order valence-corrected chi connectivity index (χ3v) is 3.59. The molecule has 2 aromatic rings. The van der Waals surface area contributed by atoms with Crippen LogP contribution in [0.15, 0.2) is 30.6 Å². The minimum atomic E-state index is -1.24. The van der Waals surface area contributed by atoms with E-state index in [4.69, 9.17) is 16.3 Å². The lowest BCUT2D eigenvalue weighted by Gasteiger charge is -2.16. The van der Waals surface area contributed by atoms with Crippen molar-refractivity contribution in [2.24, 2.45) is 0 Å². The van der Waals surface area contributed by atoms with Crippen LogP contribution in [0.5, 0.6) is 5.75 Å². The molecule has 1 aromatic heterocycles. The highest BCUT2D eigenvalue weighted by Crippen LogP contribution is 2.27. The maximum atomic E-state index is 12.3. The van der Waals surface area contributed by atoms with Gasteiger partial charge in [0.1, 0.15) is 5.75 Å². The molecule has 1 unspecified atom stereocenters. The number of nitrogens with zero attached hydrogens (tertiary/aromatic N) is 2. The molecule has 2 rings (SSSR count). The number of imidazole rings is 1. The van der Waals surface area contributed by atoms with Gasteiger partial charge in [-0.15, -0.1) is 0 Å². The minimum absolute atomic E-state index is 0.151. The number of aromatic nitrogens is 2. The van der Waals surface area contributed by atoms with Crippen molar-refractivity contribution in [3.8, 4) is 5.75 Å². The fraction of sp³-hybridized carbons (Fsp3) is 0.267. The van der Waals surface area contributed by atoms with Crippen molar-refractivity contribution >= 4 is 23.5 Å². The minimum Gasteiger partial charge on any atom is -0.495 e. The first-order chi connectivity index (χ1) is 11.0. The molecule has 0 aliphatic rings. The Balaban J connectivity index is 2.27. The van der Waals surface area contributed by atoms with Crippen molar-refractivity contribution in [3.05, 3.63) is 47.0 Å². The average molecular weight is 338 g/mol. The van der Waals surface area contributed by atoms with Crippen LogP contribution in [0.2, 0.25) is 5.02 Å². The van der Waals surface area contributed by atoms with E-state index in [1.54, 1.807) is 16.8 Å². The van der Waals surface area contributed by atoms with Gasteiger partial charge in [-0.25, -0.2) is 9.78 Å². The van der Waals surface area contributed by atoms with Gasteiger partial charge in [0, 0.05) is 18.9 Å². The Bertz CT molecular complexity index is 729. The molecular weight excluding hydrogens is 322 g/mol. The lowest BCUT2D eigenvalue weighted by atomic mass is 10.1. The number of carboxylic acid groups (broad SMARTS) is 1. The topological polar surface area (TPSA) is 93.5 Å². The van der Waals surface area contributed by atoms with Crippen LogP contribution in [0.25, 0.3) is 0 Å². The number of ether oxygens (including phenoxy) is 1. The van der Waals surface area contributed by atoms with Crippen molar-refractivity contribution in [1.29, 1.82) is 0 Å². The predicted molar refractivity (Wildman–Crippen MR) is 83.7 cm³/mol. The Kier molecular flexibility index (Phi) is 5.23. The number of methoxy groups -OCH3 is 1. The van der Waals surface area contributed by atoms with Crippen LogP contribution in [-0.2, 0) is 11.3 Å². The lowest BCUT2D eigenvalue weighted by molar-refractivity contribution is -0.139. The molecule has 1 aromatic carbocycles. The molecule has 1 heterocycles. The third-order valence-electron chi connectivity index (χ3n) is 3.29. The van der Waals surface area contributed by atoms with E-state index in [0.717, 1.165) is 0 Å². The molecule has 0 saturated heterocycles. The summed E-state index contributed by atoms with van der Waals surface area (Å²) >= 11 is 6.01. The number of carboxylic acids is 1. The van der Waals surface area contributed by atoms with E-state index >= 15 is 0 Å². The fourth-order valence-electron chi connectivity index (χ4n) is 2.12. The number of aryl methyl sites for hydroxylation is 1. The first kappa shape index (κ1) is 16.8. The largest absolute Gasteiger partial charge is 0.495 e. The third kappa shape index (κ3) is 3.62. The second kappa shape index (κ2) is 7.15. The van der Waals surface area contributed by atoms with Gasteiger partial charge in [-0.05, 0) is 24.6 Å². The predicted octanol–water partition coefficient (Wildman–Crippen LogP) is 2.12. The summed E-state index contributed by atoms with van der Waals surface area (Å²) in [6, 6.07) is 3.29. The molecule has 0 saturated carbocycles. The number of carbonyl (C=O) groups is 2. The molecule has 1 atom stereocenters. The van der Waals surface area contributed by atoms with Gasteiger partial charge in [-0.3, -0.25) is 4.79 Å². The Morgan fingerprint density at radius 3 is 2.78 bits per heavy atom. The first-order valence-electron chi connectivity index (χ1n) is 6.86. The second-order valence-corrected chi connectivity index (χ2v) is 5.08. The number of benzene rings is 1. The molecule has 7 nitrogen and oxygen atoms in total. The molecule has 0 spiro atoms. The SMILES string of the molecule is CCn1ccnc1C(=O)NC(C(=O)O)c1ccc(OC)c(Cl)c1. The number of rotatable bonds is 6. The van der Waals surface area contributed by atoms with Crippen molar-refractivity contribution in [2.45, 2.75) is 19.5 Å². The molecule has 122 valence electrons. The molecule has 0 radical (unpaired) electrons. The van der Waals surface area contributed by atoms with E-state index < -0.39 is 17.9 Å². The van der Waals surface area contributed by atoms with Crippen LogP contribution < -0.4 is 10.1 Å². The van der Waals surface area contributed by atoms with Gasteiger partial charge in [-0.1, -0.05) is 17.7 Å².